The maximum Gasteiger partial charge on any atom is 0.195 e. The zero-order valence-electron chi connectivity index (χ0n) is 13.2. The number of nitrogens with two attached hydrogens (primary N) is 1. The Balaban J connectivity index is 2.00. The number of nitrogens with zero attached hydrogens (tertiary/aromatic N) is 3. The van der Waals surface area contributed by atoms with Crippen molar-refractivity contribution < 1.29 is 0 Å². The van der Waals surface area contributed by atoms with E-state index in [1.807, 2.05) is 0 Å². The van der Waals surface area contributed by atoms with Crippen molar-refractivity contribution in [2.45, 2.75) is 58.5 Å². The van der Waals surface area contributed by atoms with Crippen molar-refractivity contribution in [1.29, 1.82) is 0 Å². The minimum atomic E-state index is 0.209. The van der Waals surface area contributed by atoms with Crippen LogP contribution in [-0.2, 0) is 6.42 Å². The molecular formula is C16H26N4S. The number of fused-ring (bicyclic) bond motifs is 1. The van der Waals surface area contributed by atoms with Gasteiger partial charge < -0.3 is 10.6 Å². The second-order valence-electron chi connectivity index (χ2n) is 6.49. The predicted molar refractivity (Wildman–Crippen MR) is 90.2 cm³/mol. The van der Waals surface area contributed by atoms with Crippen LogP contribution in [0.15, 0.2) is 11.6 Å². The molecule has 3 rings (SSSR count). The lowest BCUT2D eigenvalue weighted by molar-refractivity contribution is 0.387. The van der Waals surface area contributed by atoms with E-state index in [9.17, 15) is 0 Å². The first-order chi connectivity index (χ1) is 10.1. The molecule has 2 aromatic heterocycles. The number of piperidine rings is 1. The molecule has 0 spiro atoms. The van der Waals surface area contributed by atoms with Crippen molar-refractivity contribution in [2.24, 2.45) is 11.7 Å². The largest absolute Gasteiger partial charge is 0.352 e. The second-order valence-corrected chi connectivity index (χ2v) is 7.37. The maximum atomic E-state index is 6.23. The lowest BCUT2D eigenvalue weighted by atomic mass is 9.94. The van der Waals surface area contributed by atoms with Crippen LogP contribution in [0.4, 0.5) is 5.82 Å². The minimum Gasteiger partial charge on any atom is -0.352 e. The molecule has 0 amide bonds. The first-order valence-corrected chi connectivity index (χ1v) is 8.94. The first-order valence-electron chi connectivity index (χ1n) is 8.06. The van der Waals surface area contributed by atoms with Gasteiger partial charge in [-0.25, -0.2) is 4.98 Å². The highest BCUT2D eigenvalue weighted by Gasteiger charge is 2.28. The van der Waals surface area contributed by atoms with Crippen LogP contribution in [0.3, 0.4) is 0 Å². The van der Waals surface area contributed by atoms with E-state index >= 15 is 0 Å². The van der Waals surface area contributed by atoms with Crippen LogP contribution < -0.4 is 10.6 Å². The van der Waals surface area contributed by atoms with Gasteiger partial charge in [-0.2, -0.15) is 0 Å². The lowest BCUT2D eigenvalue weighted by Gasteiger charge is -2.37. The van der Waals surface area contributed by atoms with E-state index in [1.54, 1.807) is 11.3 Å². The third-order valence-electron chi connectivity index (χ3n) is 4.71. The summed E-state index contributed by atoms with van der Waals surface area (Å²) >= 11 is 1.71. The highest BCUT2D eigenvalue weighted by Crippen LogP contribution is 2.32. The van der Waals surface area contributed by atoms with E-state index in [2.05, 4.69) is 41.6 Å². The molecule has 1 aliphatic rings. The molecule has 3 atom stereocenters. The number of thiazole rings is 1. The van der Waals surface area contributed by atoms with E-state index in [1.165, 1.54) is 24.4 Å². The van der Waals surface area contributed by atoms with E-state index in [0.717, 1.165) is 30.3 Å². The Morgan fingerprint density at radius 1 is 1.43 bits per heavy atom. The second kappa shape index (κ2) is 5.97. The SMILES string of the molecule is CCC(N)Cc1c(N2CC(C)CCC2C)nc2sccn12. The van der Waals surface area contributed by atoms with Crippen LogP contribution in [-0.4, -0.2) is 28.0 Å². The molecule has 2 N–H and O–H groups in total. The summed E-state index contributed by atoms with van der Waals surface area (Å²) in [5.74, 6) is 1.92. The molecule has 1 saturated heterocycles. The van der Waals surface area contributed by atoms with Crippen LogP contribution in [0.5, 0.6) is 0 Å². The highest BCUT2D eigenvalue weighted by molar-refractivity contribution is 7.15. The number of hydrogen-bond acceptors (Lipinski definition) is 4. The molecule has 4 nitrogen and oxygen atoms in total. The molecule has 5 heteroatoms. The monoisotopic (exact) mass is 306 g/mol. The molecule has 0 aromatic carbocycles. The molecule has 2 aromatic rings. The number of aromatic nitrogens is 2. The van der Waals surface area contributed by atoms with Gasteiger partial charge in [0.05, 0.1) is 5.69 Å². The van der Waals surface area contributed by atoms with Crippen molar-refractivity contribution in [3.63, 3.8) is 0 Å². The molecule has 0 bridgehead atoms. The topological polar surface area (TPSA) is 46.6 Å². The van der Waals surface area contributed by atoms with E-state index in [0.29, 0.717) is 6.04 Å². The quantitative estimate of drug-likeness (QED) is 0.942. The number of anilines is 1. The van der Waals surface area contributed by atoms with Crippen molar-refractivity contribution in [2.75, 3.05) is 11.4 Å². The van der Waals surface area contributed by atoms with Gasteiger partial charge >= 0.3 is 0 Å². The molecular weight excluding hydrogens is 280 g/mol. The normalized spacial score (nSPS) is 24.7. The zero-order chi connectivity index (χ0) is 15.0. The molecule has 0 aliphatic carbocycles. The Morgan fingerprint density at radius 3 is 3.00 bits per heavy atom. The predicted octanol–water partition coefficient (Wildman–Crippen LogP) is 3.30. The van der Waals surface area contributed by atoms with Crippen LogP contribution in [0, 0.1) is 5.92 Å². The maximum absolute atomic E-state index is 6.23. The minimum absolute atomic E-state index is 0.209. The Hall–Kier alpha value is -1.07. The van der Waals surface area contributed by atoms with Crippen molar-refractivity contribution >= 4 is 22.1 Å². The van der Waals surface area contributed by atoms with Crippen molar-refractivity contribution in [1.82, 2.24) is 9.38 Å². The van der Waals surface area contributed by atoms with Gasteiger partial charge in [-0.05, 0) is 32.1 Å². The average molecular weight is 306 g/mol. The summed E-state index contributed by atoms with van der Waals surface area (Å²) in [5, 5.41) is 2.11. The van der Waals surface area contributed by atoms with Crippen LogP contribution >= 0.6 is 11.3 Å². The van der Waals surface area contributed by atoms with E-state index in [-0.39, 0.29) is 6.04 Å². The van der Waals surface area contributed by atoms with Gasteiger partial charge in [0.2, 0.25) is 0 Å². The third-order valence-corrected chi connectivity index (χ3v) is 5.47. The Kier molecular flexibility index (Phi) is 4.22. The Bertz CT molecular complexity index is 602. The molecule has 0 saturated carbocycles. The Morgan fingerprint density at radius 2 is 2.24 bits per heavy atom. The number of rotatable bonds is 4. The molecule has 3 heterocycles. The summed E-state index contributed by atoms with van der Waals surface area (Å²) in [6.45, 7) is 7.93. The lowest BCUT2D eigenvalue weighted by Crippen LogP contribution is -2.42. The van der Waals surface area contributed by atoms with E-state index in [4.69, 9.17) is 10.7 Å². The van der Waals surface area contributed by atoms with Crippen molar-refractivity contribution in [3.8, 4) is 0 Å². The summed E-state index contributed by atoms with van der Waals surface area (Å²) in [6, 6.07) is 0.781. The fourth-order valence-corrected chi connectivity index (χ4v) is 3.95. The van der Waals surface area contributed by atoms with E-state index < -0.39 is 0 Å². The smallest absolute Gasteiger partial charge is 0.195 e. The van der Waals surface area contributed by atoms with Gasteiger partial charge in [0.15, 0.2) is 10.8 Å². The third kappa shape index (κ3) is 2.81. The van der Waals surface area contributed by atoms with Crippen LogP contribution in [0.25, 0.3) is 4.96 Å². The summed E-state index contributed by atoms with van der Waals surface area (Å²) in [5.41, 5.74) is 7.52. The average Bonchev–Trinajstić information content (AvgIpc) is 3.04. The van der Waals surface area contributed by atoms with Gasteiger partial charge in [-0.15, -0.1) is 11.3 Å². The molecule has 1 fully saturated rings. The van der Waals surface area contributed by atoms with Gasteiger partial charge in [0, 0.05) is 36.6 Å². The van der Waals surface area contributed by atoms with Crippen LogP contribution in [0.2, 0.25) is 0 Å². The molecule has 3 unspecified atom stereocenters. The number of imidazole rings is 1. The fourth-order valence-electron chi connectivity index (χ4n) is 3.22. The summed E-state index contributed by atoms with van der Waals surface area (Å²) in [7, 11) is 0. The zero-order valence-corrected chi connectivity index (χ0v) is 14.1. The van der Waals surface area contributed by atoms with Crippen LogP contribution in [0.1, 0.15) is 45.7 Å². The number of hydrogen-bond donors (Lipinski definition) is 1. The first kappa shape index (κ1) is 14.9. The molecule has 1 aliphatic heterocycles. The molecule has 0 radical (unpaired) electrons. The summed E-state index contributed by atoms with van der Waals surface area (Å²) in [6.07, 6.45) is 6.62. The van der Waals surface area contributed by atoms with Gasteiger partial charge in [0.1, 0.15) is 0 Å². The molecule has 116 valence electrons. The van der Waals surface area contributed by atoms with Gasteiger partial charge in [0.25, 0.3) is 0 Å². The van der Waals surface area contributed by atoms with Crippen molar-refractivity contribution in [3.05, 3.63) is 17.3 Å². The summed E-state index contributed by atoms with van der Waals surface area (Å²) in [4.78, 5) is 8.52. The van der Waals surface area contributed by atoms with Gasteiger partial charge in [-0.1, -0.05) is 13.8 Å². The standard InChI is InChI=1S/C16H26N4S/c1-4-13(17)9-14-15(18-16-19(14)7-8-21-16)20-10-11(2)5-6-12(20)3/h7-8,11-13H,4-6,9-10,17H2,1-3H3. The summed E-state index contributed by atoms with van der Waals surface area (Å²) < 4.78 is 2.24. The fraction of sp³-hybridized carbons (Fsp3) is 0.688. The van der Waals surface area contributed by atoms with Gasteiger partial charge in [-0.3, -0.25) is 4.40 Å². The highest BCUT2D eigenvalue weighted by atomic mass is 32.1. The Labute approximate surface area is 131 Å². The molecule has 21 heavy (non-hydrogen) atoms.